The fraction of sp³-hybridized carbons (Fsp3) is 0.455. The van der Waals surface area contributed by atoms with E-state index < -0.39 is 0 Å². The summed E-state index contributed by atoms with van der Waals surface area (Å²) in [6, 6.07) is 0.306. The van der Waals surface area contributed by atoms with Crippen LogP contribution in [0.1, 0.15) is 34.8 Å². The second kappa shape index (κ2) is 4.76. The van der Waals surface area contributed by atoms with Crippen molar-refractivity contribution < 1.29 is 0 Å². The van der Waals surface area contributed by atoms with E-state index in [0.29, 0.717) is 6.04 Å². The highest BCUT2D eigenvalue weighted by Crippen LogP contribution is 2.17. The molecule has 0 radical (unpaired) electrons. The van der Waals surface area contributed by atoms with Gasteiger partial charge in [0.1, 0.15) is 0 Å². The van der Waals surface area contributed by atoms with Gasteiger partial charge in [-0.1, -0.05) is 0 Å². The molecule has 0 aromatic carbocycles. The quantitative estimate of drug-likeness (QED) is 0.856. The van der Waals surface area contributed by atoms with Gasteiger partial charge in [0.05, 0.1) is 17.4 Å². The number of nitrogens with zero attached hydrogens (tertiary/aromatic N) is 2. The molecule has 2 aromatic rings. The van der Waals surface area contributed by atoms with Crippen molar-refractivity contribution in [2.24, 2.45) is 0 Å². The lowest BCUT2D eigenvalue weighted by molar-refractivity contribution is 0.575. The van der Waals surface area contributed by atoms with Crippen molar-refractivity contribution in [3.63, 3.8) is 0 Å². The molecule has 0 spiro atoms. The van der Waals surface area contributed by atoms with Crippen molar-refractivity contribution in [2.75, 3.05) is 0 Å². The Bertz CT molecular complexity index is 460. The monoisotopic (exact) mass is 236 g/mol. The van der Waals surface area contributed by atoms with Crippen LogP contribution in [0.2, 0.25) is 0 Å². The van der Waals surface area contributed by atoms with E-state index in [4.69, 9.17) is 0 Å². The molecule has 1 unspecified atom stereocenters. The van der Waals surface area contributed by atoms with E-state index in [2.05, 4.69) is 27.4 Å². The molecule has 86 valence electrons. The van der Waals surface area contributed by atoms with Gasteiger partial charge in [-0.25, -0.2) is 4.98 Å². The summed E-state index contributed by atoms with van der Waals surface area (Å²) in [4.78, 5) is 5.53. The number of aromatic amines is 1. The zero-order chi connectivity index (χ0) is 11.5. The van der Waals surface area contributed by atoms with Crippen LogP contribution in [0, 0.1) is 13.8 Å². The molecule has 0 aliphatic heterocycles. The van der Waals surface area contributed by atoms with Crippen LogP contribution >= 0.6 is 11.3 Å². The number of thiazole rings is 1. The van der Waals surface area contributed by atoms with Crippen LogP contribution in [-0.2, 0) is 6.54 Å². The van der Waals surface area contributed by atoms with Crippen molar-refractivity contribution in [3.05, 3.63) is 33.5 Å². The van der Waals surface area contributed by atoms with Crippen molar-refractivity contribution in [3.8, 4) is 0 Å². The number of hydrogen-bond donors (Lipinski definition) is 2. The predicted octanol–water partition coefficient (Wildman–Crippen LogP) is 2.33. The summed E-state index contributed by atoms with van der Waals surface area (Å²) in [5.41, 5.74) is 5.36. The van der Waals surface area contributed by atoms with Crippen LogP contribution < -0.4 is 5.32 Å². The fourth-order valence-electron chi connectivity index (χ4n) is 1.65. The maximum atomic E-state index is 4.23. The third-order valence-electron chi connectivity index (χ3n) is 2.75. The highest BCUT2D eigenvalue weighted by molar-refractivity contribution is 7.09. The number of hydrogen-bond acceptors (Lipinski definition) is 4. The van der Waals surface area contributed by atoms with Gasteiger partial charge in [0.25, 0.3) is 0 Å². The van der Waals surface area contributed by atoms with Gasteiger partial charge in [-0.3, -0.25) is 5.10 Å². The average Bonchev–Trinajstić information content (AvgIpc) is 2.84. The Labute approximate surface area is 99.1 Å². The van der Waals surface area contributed by atoms with Crippen LogP contribution in [0.5, 0.6) is 0 Å². The molecule has 0 aliphatic carbocycles. The minimum atomic E-state index is 0.306. The SMILES string of the molecule is Cc1ncsc1CNC(C)c1cn[nH]c1C. The lowest BCUT2D eigenvalue weighted by atomic mass is 10.1. The first-order chi connectivity index (χ1) is 7.68. The maximum absolute atomic E-state index is 4.23. The highest BCUT2D eigenvalue weighted by atomic mass is 32.1. The van der Waals surface area contributed by atoms with E-state index in [-0.39, 0.29) is 0 Å². The topological polar surface area (TPSA) is 53.6 Å². The molecule has 2 heterocycles. The molecule has 0 saturated carbocycles. The molecule has 0 bridgehead atoms. The van der Waals surface area contributed by atoms with E-state index in [1.54, 1.807) is 11.3 Å². The molecule has 0 aliphatic rings. The summed E-state index contributed by atoms with van der Waals surface area (Å²) in [7, 11) is 0. The molecule has 4 nitrogen and oxygen atoms in total. The molecular formula is C11H16N4S. The zero-order valence-corrected chi connectivity index (χ0v) is 10.6. The molecule has 0 fully saturated rings. The van der Waals surface area contributed by atoms with Crippen molar-refractivity contribution in [1.29, 1.82) is 0 Å². The highest BCUT2D eigenvalue weighted by Gasteiger charge is 2.10. The molecule has 2 N–H and O–H groups in total. The Kier molecular flexibility index (Phi) is 3.36. The van der Waals surface area contributed by atoms with Crippen molar-refractivity contribution in [1.82, 2.24) is 20.5 Å². The van der Waals surface area contributed by atoms with Crippen LogP contribution in [0.3, 0.4) is 0 Å². The number of aryl methyl sites for hydroxylation is 2. The van der Waals surface area contributed by atoms with Gasteiger partial charge < -0.3 is 5.32 Å². The van der Waals surface area contributed by atoms with Gasteiger partial charge in [-0.2, -0.15) is 5.10 Å². The Morgan fingerprint density at radius 3 is 2.88 bits per heavy atom. The molecule has 1 atom stereocenters. The Balaban J connectivity index is 1.97. The smallest absolute Gasteiger partial charge is 0.0798 e. The molecule has 2 aromatic heterocycles. The Morgan fingerprint density at radius 2 is 2.31 bits per heavy atom. The number of nitrogens with one attached hydrogen (secondary N) is 2. The largest absolute Gasteiger partial charge is 0.305 e. The van der Waals surface area contributed by atoms with Gasteiger partial charge in [-0.15, -0.1) is 11.3 Å². The van der Waals surface area contributed by atoms with Crippen LogP contribution in [-0.4, -0.2) is 15.2 Å². The van der Waals surface area contributed by atoms with E-state index in [0.717, 1.165) is 17.9 Å². The number of H-pyrrole nitrogens is 1. The zero-order valence-electron chi connectivity index (χ0n) is 9.74. The summed E-state index contributed by atoms with van der Waals surface area (Å²) in [5, 5.41) is 10.5. The first kappa shape index (κ1) is 11.3. The minimum Gasteiger partial charge on any atom is -0.305 e. The molecule has 2 rings (SSSR count). The van der Waals surface area contributed by atoms with Crippen LogP contribution in [0.4, 0.5) is 0 Å². The standard InChI is InChI=1S/C11H16N4S/c1-7(10-4-14-15-8(10)2)12-5-11-9(3)13-6-16-11/h4,6-7,12H,5H2,1-3H3,(H,14,15). The van der Waals surface area contributed by atoms with E-state index in [1.807, 2.05) is 25.6 Å². The van der Waals surface area contributed by atoms with Gasteiger partial charge in [0, 0.05) is 28.7 Å². The Hall–Kier alpha value is -1.20. The predicted molar refractivity (Wildman–Crippen MR) is 65.4 cm³/mol. The first-order valence-electron chi connectivity index (χ1n) is 5.30. The molecule has 16 heavy (non-hydrogen) atoms. The summed E-state index contributed by atoms with van der Waals surface area (Å²) < 4.78 is 0. The Morgan fingerprint density at radius 1 is 1.50 bits per heavy atom. The third kappa shape index (κ3) is 2.31. The van der Waals surface area contributed by atoms with E-state index >= 15 is 0 Å². The summed E-state index contributed by atoms with van der Waals surface area (Å²) in [6.07, 6.45) is 1.88. The van der Waals surface area contributed by atoms with E-state index in [1.165, 1.54) is 10.4 Å². The van der Waals surface area contributed by atoms with Crippen molar-refractivity contribution in [2.45, 2.75) is 33.4 Å². The second-order valence-electron chi connectivity index (χ2n) is 3.91. The third-order valence-corrected chi connectivity index (χ3v) is 3.68. The van der Waals surface area contributed by atoms with Gasteiger partial charge >= 0.3 is 0 Å². The van der Waals surface area contributed by atoms with Crippen molar-refractivity contribution >= 4 is 11.3 Å². The maximum Gasteiger partial charge on any atom is 0.0798 e. The summed E-state index contributed by atoms with van der Waals surface area (Å²) >= 11 is 1.70. The normalized spacial score (nSPS) is 12.9. The summed E-state index contributed by atoms with van der Waals surface area (Å²) in [5.74, 6) is 0. The lowest BCUT2D eigenvalue weighted by Crippen LogP contribution is -2.18. The second-order valence-corrected chi connectivity index (χ2v) is 4.85. The van der Waals surface area contributed by atoms with Gasteiger partial charge in [-0.05, 0) is 20.8 Å². The van der Waals surface area contributed by atoms with Crippen LogP contribution in [0.25, 0.3) is 0 Å². The first-order valence-corrected chi connectivity index (χ1v) is 6.18. The molecular weight excluding hydrogens is 220 g/mol. The van der Waals surface area contributed by atoms with E-state index in [9.17, 15) is 0 Å². The molecule has 5 heteroatoms. The number of rotatable bonds is 4. The van der Waals surface area contributed by atoms with Crippen LogP contribution in [0.15, 0.2) is 11.7 Å². The van der Waals surface area contributed by atoms with Gasteiger partial charge in [0.2, 0.25) is 0 Å². The lowest BCUT2D eigenvalue weighted by Gasteiger charge is -2.12. The molecule has 0 saturated heterocycles. The fourth-order valence-corrected chi connectivity index (χ4v) is 2.38. The summed E-state index contributed by atoms with van der Waals surface area (Å²) in [6.45, 7) is 7.09. The van der Waals surface area contributed by atoms with Gasteiger partial charge in [0.15, 0.2) is 0 Å². The minimum absolute atomic E-state index is 0.306. The number of aromatic nitrogens is 3. The average molecular weight is 236 g/mol. The molecule has 0 amide bonds.